The van der Waals surface area contributed by atoms with Crippen LogP contribution in [-0.4, -0.2) is 11.4 Å². The van der Waals surface area contributed by atoms with Gasteiger partial charge in [0, 0.05) is 5.69 Å². The highest BCUT2D eigenvalue weighted by Crippen LogP contribution is 2.24. The van der Waals surface area contributed by atoms with E-state index in [1.807, 2.05) is 13.8 Å². The van der Waals surface area contributed by atoms with Crippen molar-refractivity contribution in [3.05, 3.63) is 29.6 Å². The highest BCUT2D eigenvalue weighted by Gasteiger charge is 2.34. The van der Waals surface area contributed by atoms with Gasteiger partial charge in [-0.1, -0.05) is 13.8 Å². The Balaban J connectivity index is 3.06. The van der Waals surface area contributed by atoms with Gasteiger partial charge in [0.25, 0.3) is 0 Å². The van der Waals surface area contributed by atoms with Gasteiger partial charge in [-0.25, -0.2) is 4.39 Å². The number of rotatable bonds is 4. The molecule has 4 heteroatoms. The van der Waals surface area contributed by atoms with Gasteiger partial charge in [-0.2, -0.15) is 0 Å². The Kier molecular flexibility index (Phi) is 3.76. The molecule has 0 aromatic heterocycles. The van der Waals surface area contributed by atoms with Gasteiger partial charge in [0.2, 0.25) is 5.91 Å². The van der Waals surface area contributed by atoms with Crippen molar-refractivity contribution < 1.29 is 9.18 Å². The summed E-state index contributed by atoms with van der Waals surface area (Å²) in [6, 6.07) is 4.57. The molecule has 0 saturated heterocycles. The van der Waals surface area contributed by atoms with Gasteiger partial charge in [0.05, 0.1) is 0 Å². The Hall–Kier alpha value is -1.58. The van der Waals surface area contributed by atoms with E-state index in [0.29, 0.717) is 5.69 Å². The topological polar surface area (TPSA) is 55.1 Å². The average molecular weight is 238 g/mol. The summed E-state index contributed by atoms with van der Waals surface area (Å²) in [5.74, 6) is -0.777. The molecular formula is C13H19FN2O. The van der Waals surface area contributed by atoms with Gasteiger partial charge in [0.1, 0.15) is 11.4 Å². The maximum Gasteiger partial charge on any atom is 0.243 e. The Labute approximate surface area is 101 Å². The standard InChI is InChI=1S/C13H19FN2O/c1-8(2)13(4,12(15)17)16-11-6-9(3)5-10(14)7-11/h5-8,16H,1-4H3,(H2,15,17). The number of halogens is 1. The molecule has 0 heterocycles. The zero-order valence-corrected chi connectivity index (χ0v) is 10.7. The lowest BCUT2D eigenvalue weighted by molar-refractivity contribution is -0.123. The zero-order valence-electron chi connectivity index (χ0n) is 10.7. The Morgan fingerprint density at radius 1 is 1.41 bits per heavy atom. The largest absolute Gasteiger partial charge is 0.371 e. The van der Waals surface area contributed by atoms with E-state index in [0.717, 1.165) is 5.56 Å². The fraction of sp³-hybridized carbons (Fsp3) is 0.462. The van der Waals surface area contributed by atoms with Crippen molar-refractivity contribution in [1.82, 2.24) is 0 Å². The summed E-state index contributed by atoms with van der Waals surface area (Å²) < 4.78 is 13.2. The van der Waals surface area contributed by atoms with Crippen molar-refractivity contribution in [3.8, 4) is 0 Å². The van der Waals surface area contributed by atoms with Crippen molar-refractivity contribution in [2.24, 2.45) is 11.7 Å². The van der Waals surface area contributed by atoms with E-state index in [9.17, 15) is 9.18 Å². The number of aryl methyl sites for hydroxylation is 1. The van der Waals surface area contributed by atoms with Gasteiger partial charge in [-0.3, -0.25) is 4.79 Å². The van der Waals surface area contributed by atoms with Crippen LogP contribution in [0.4, 0.5) is 10.1 Å². The Bertz CT molecular complexity index is 411. The Morgan fingerprint density at radius 2 is 2.00 bits per heavy atom. The van der Waals surface area contributed by atoms with E-state index >= 15 is 0 Å². The van der Waals surface area contributed by atoms with Crippen LogP contribution < -0.4 is 11.1 Å². The highest BCUT2D eigenvalue weighted by molar-refractivity contribution is 5.87. The molecule has 1 aromatic carbocycles. The minimum atomic E-state index is -0.889. The van der Waals surface area contributed by atoms with Crippen molar-refractivity contribution in [2.75, 3.05) is 5.32 Å². The van der Waals surface area contributed by atoms with Gasteiger partial charge >= 0.3 is 0 Å². The second-order valence-electron chi connectivity index (χ2n) is 4.86. The molecule has 1 amide bonds. The molecule has 1 rings (SSSR count). The smallest absolute Gasteiger partial charge is 0.243 e. The van der Waals surface area contributed by atoms with Crippen molar-refractivity contribution in [1.29, 1.82) is 0 Å². The molecule has 94 valence electrons. The number of benzene rings is 1. The molecule has 0 saturated carbocycles. The zero-order chi connectivity index (χ0) is 13.2. The molecule has 3 nitrogen and oxygen atoms in total. The number of anilines is 1. The number of amides is 1. The summed E-state index contributed by atoms with van der Waals surface area (Å²) in [6.07, 6.45) is 0. The van der Waals surface area contributed by atoms with E-state index in [1.165, 1.54) is 12.1 Å². The van der Waals surface area contributed by atoms with Crippen LogP contribution in [0.15, 0.2) is 18.2 Å². The summed E-state index contributed by atoms with van der Waals surface area (Å²) in [7, 11) is 0. The summed E-state index contributed by atoms with van der Waals surface area (Å²) in [6.45, 7) is 7.30. The monoisotopic (exact) mass is 238 g/mol. The first-order valence-corrected chi connectivity index (χ1v) is 5.61. The summed E-state index contributed by atoms with van der Waals surface area (Å²) in [5, 5.41) is 3.02. The summed E-state index contributed by atoms with van der Waals surface area (Å²) in [4.78, 5) is 11.5. The normalized spacial score (nSPS) is 14.5. The number of hydrogen-bond acceptors (Lipinski definition) is 2. The second kappa shape index (κ2) is 4.73. The van der Waals surface area contributed by atoms with Gasteiger partial charge in [-0.05, 0) is 43.5 Å². The first-order chi connectivity index (χ1) is 7.75. The molecule has 0 aliphatic rings. The third-order valence-electron chi connectivity index (χ3n) is 3.11. The van der Waals surface area contributed by atoms with E-state index in [-0.39, 0.29) is 11.7 Å². The van der Waals surface area contributed by atoms with Gasteiger partial charge < -0.3 is 11.1 Å². The summed E-state index contributed by atoms with van der Waals surface area (Å²) >= 11 is 0. The number of nitrogens with two attached hydrogens (primary N) is 1. The first-order valence-electron chi connectivity index (χ1n) is 5.61. The molecule has 1 unspecified atom stereocenters. The van der Waals surface area contributed by atoms with Crippen LogP contribution in [0.1, 0.15) is 26.3 Å². The van der Waals surface area contributed by atoms with E-state index in [1.54, 1.807) is 19.9 Å². The molecule has 0 aliphatic carbocycles. The third-order valence-corrected chi connectivity index (χ3v) is 3.11. The first kappa shape index (κ1) is 13.5. The van der Waals surface area contributed by atoms with Gasteiger partial charge in [0.15, 0.2) is 0 Å². The molecule has 0 spiro atoms. The van der Waals surface area contributed by atoms with E-state index in [4.69, 9.17) is 5.73 Å². The number of primary amides is 1. The van der Waals surface area contributed by atoms with Crippen LogP contribution in [0.5, 0.6) is 0 Å². The Morgan fingerprint density at radius 3 is 2.41 bits per heavy atom. The second-order valence-corrected chi connectivity index (χ2v) is 4.86. The molecular weight excluding hydrogens is 219 g/mol. The van der Waals surface area contributed by atoms with Crippen LogP contribution in [0.25, 0.3) is 0 Å². The minimum Gasteiger partial charge on any atom is -0.371 e. The quantitative estimate of drug-likeness (QED) is 0.846. The molecule has 0 radical (unpaired) electrons. The lowest BCUT2D eigenvalue weighted by atomic mass is 9.87. The number of hydrogen-bond donors (Lipinski definition) is 2. The van der Waals surface area contributed by atoms with Crippen molar-refractivity contribution in [3.63, 3.8) is 0 Å². The maximum absolute atomic E-state index is 13.2. The summed E-state index contributed by atoms with van der Waals surface area (Å²) in [5.41, 5.74) is 5.87. The predicted molar refractivity (Wildman–Crippen MR) is 67.2 cm³/mol. The maximum atomic E-state index is 13.2. The fourth-order valence-electron chi connectivity index (χ4n) is 1.60. The van der Waals surface area contributed by atoms with Crippen LogP contribution in [-0.2, 0) is 4.79 Å². The van der Waals surface area contributed by atoms with Crippen LogP contribution in [0, 0.1) is 18.7 Å². The lowest BCUT2D eigenvalue weighted by Gasteiger charge is -2.32. The van der Waals surface area contributed by atoms with Crippen LogP contribution >= 0.6 is 0 Å². The molecule has 1 atom stereocenters. The van der Waals surface area contributed by atoms with Crippen LogP contribution in [0.2, 0.25) is 0 Å². The number of nitrogens with one attached hydrogen (secondary N) is 1. The fourth-order valence-corrected chi connectivity index (χ4v) is 1.60. The SMILES string of the molecule is Cc1cc(F)cc(NC(C)(C(N)=O)C(C)C)c1. The van der Waals surface area contributed by atoms with Gasteiger partial charge in [-0.15, -0.1) is 0 Å². The van der Waals surface area contributed by atoms with Crippen LogP contribution in [0.3, 0.4) is 0 Å². The number of carbonyl (C=O) groups is 1. The molecule has 0 aliphatic heterocycles. The predicted octanol–water partition coefficient (Wildman–Crippen LogP) is 2.45. The molecule has 3 N–H and O–H groups in total. The van der Waals surface area contributed by atoms with E-state index in [2.05, 4.69) is 5.32 Å². The highest BCUT2D eigenvalue weighted by atomic mass is 19.1. The molecule has 17 heavy (non-hydrogen) atoms. The number of carbonyl (C=O) groups excluding carboxylic acids is 1. The average Bonchev–Trinajstić information content (AvgIpc) is 2.14. The van der Waals surface area contributed by atoms with Crippen molar-refractivity contribution >= 4 is 11.6 Å². The molecule has 0 bridgehead atoms. The molecule has 0 fully saturated rings. The lowest BCUT2D eigenvalue weighted by Crippen LogP contribution is -2.52. The molecule has 1 aromatic rings. The third kappa shape index (κ3) is 2.96. The van der Waals surface area contributed by atoms with E-state index < -0.39 is 11.4 Å². The minimum absolute atomic E-state index is 0.00331. The van der Waals surface area contributed by atoms with Crippen molar-refractivity contribution in [2.45, 2.75) is 33.2 Å².